The van der Waals surface area contributed by atoms with Gasteiger partial charge in [0, 0.05) is 42.2 Å². The highest BCUT2D eigenvalue weighted by Crippen LogP contribution is 2.45. The van der Waals surface area contributed by atoms with Crippen molar-refractivity contribution in [1.82, 2.24) is 24.8 Å². The molecule has 2 amide bonds. The molecule has 1 aromatic carbocycles. The SMILES string of the molecule is CCC1OC(=O)C(C)C(O)C(C)C(C(C)C2CC(N(C)C)CC(C)O2)C(C)CC(C)C(=O)C(C)C2N(CCCCn3cc(-c4cccc(NC(=O)C(F)(F)F)c4)nn3)C(=O)OC12C. The number of carbonyl (C=O) groups excluding carboxylic acids is 4. The van der Waals surface area contributed by atoms with E-state index in [2.05, 4.69) is 50.1 Å². The van der Waals surface area contributed by atoms with Crippen LogP contribution in [0.5, 0.6) is 0 Å². The number of cyclic esters (lactones) is 1. The van der Waals surface area contributed by atoms with Crippen molar-refractivity contribution in [2.24, 2.45) is 41.4 Å². The van der Waals surface area contributed by atoms with Crippen LogP contribution in [0.4, 0.5) is 23.7 Å². The van der Waals surface area contributed by atoms with Crippen LogP contribution in [-0.2, 0) is 35.1 Å². The topological polar surface area (TPSA) is 165 Å². The average Bonchev–Trinajstić information content (AvgIpc) is 3.80. The van der Waals surface area contributed by atoms with Gasteiger partial charge in [-0.3, -0.25) is 19.1 Å². The molecule has 0 radical (unpaired) electrons. The Morgan fingerprint density at radius 1 is 1.03 bits per heavy atom. The van der Waals surface area contributed by atoms with Gasteiger partial charge in [0.1, 0.15) is 17.6 Å². The van der Waals surface area contributed by atoms with Gasteiger partial charge in [-0.15, -0.1) is 5.10 Å². The van der Waals surface area contributed by atoms with Gasteiger partial charge in [0.2, 0.25) is 0 Å². The Labute approximate surface area is 369 Å². The van der Waals surface area contributed by atoms with E-state index in [0.717, 1.165) is 12.8 Å². The van der Waals surface area contributed by atoms with Gasteiger partial charge >= 0.3 is 24.1 Å². The maximum atomic E-state index is 14.7. The molecule has 2 N–H and O–H groups in total. The Bertz CT molecular complexity index is 1910. The zero-order chi connectivity index (χ0) is 46.7. The Morgan fingerprint density at radius 3 is 2.37 bits per heavy atom. The lowest BCUT2D eigenvalue weighted by Gasteiger charge is -2.46. The van der Waals surface area contributed by atoms with E-state index in [1.165, 1.54) is 18.2 Å². The van der Waals surface area contributed by atoms with Crippen LogP contribution in [0.2, 0.25) is 0 Å². The third-order valence-electron chi connectivity index (χ3n) is 14.2. The molecule has 352 valence electrons. The summed E-state index contributed by atoms with van der Waals surface area (Å²) < 4.78 is 59.0. The number of benzene rings is 1. The molecule has 3 saturated heterocycles. The van der Waals surface area contributed by atoms with Crippen molar-refractivity contribution in [2.75, 3.05) is 26.0 Å². The highest BCUT2D eigenvalue weighted by molar-refractivity contribution is 5.95. The van der Waals surface area contributed by atoms with Crippen LogP contribution in [0.1, 0.15) is 101 Å². The van der Waals surface area contributed by atoms with Crippen LogP contribution in [0.15, 0.2) is 30.5 Å². The first kappa shape index (κ1) is 49.9. The highest BCUT2D eigenvalue weighted by atomic mass is 19.4. The predicted octanol–water partition coefficient (Wildman–Crippen LogP) is 7.39. The molecule has 1 aromatic heterocycles. The summed E-state index contributed by atoms with van der Waals surface area (Å²) in [6, 6.07) is 5.43. The van der Waals surface area contributed by atoms with Gasteiger partial charge in [0.05, 0.1) is 36.5 Å². The Balaban J connectivity index is 1.35. The van der Waals surface area contributed by atoms with Crippen molar-refractivity contribution in [2.45, 2.75) is 156 Å². The lowest BCUT2D eigenvalue weighted by molar-refractivity contribution is -0.175. The van der Waals surface area contributed by atoms with Crippen LogP contribution in [0.25, 0.3) is 11.3 Å². The minimum atomic E-state index is -5.03. The number of rotatable bonds is 11. The molecule has 14 nitrogen and oxygen atoms in total. The molecule has 5 rings (SSSR count). The van der Waals surface area contributed by atoms with Crippen LogP contribution in [0, 0.1) is 41.4 Å². The number of unbranched alkanes of at least 4 members (excludes halogenated alkanes) is 1. The molecule has 3 aliphatic rings. The number of carbonyl (C=O) groups is 4. The van der Waals surface area contributed by atoms with Gasteiger partial charge in [-0.25, -0.2) is 4.79 Å². The summed E-state index contributed by atoms with van der Waals surface area (Å²) in [5, 5.41) is 22.1. The number of nitrogens with one attached hydrogen (secondary N) is 1. The van der Waals surface area contributed by atoms with Crippen molar-refractivity contribution in [3.63, 3.8) is 0 Å². The van der Waals surface area contributed by atoms with Crippen molar-refractivity contribution in [3.8, 4) is 11.3 Å². The van der Waals surface area contributed by atoms with Crippen molar-refractivity contribution in [3.05, 3.63) is 30.5 Å². The molecule has 0 aliphatic carbocycles. The number of aromatic nitrogens is 3. The number of ketones is 1. The second kappa shape index (κ2) is 20.4. The Kier molecular flexibility index (Phi) is 16.2. The predicted molar refractivity (Wildman–Crippen MR) is 230 cm³/mol. The van der Waals surface area contributed by atoms with Crippen LogP contribution < -0.4 is 5.32 Å². The van der Waals surface area contributed by atoms with Crippen LogP contribution >= 0.6 is 0 Å². The van der Waals surface area contributed by atoms with Crippen LogP contribution in [-0.4, -0.2) is 123 Å². The fourth-order valence-electron chi connectivity index (χ4n) is 10.8. The monoisotopic (exact) mass is 891 g/mol. The number of hydrogen-bond acceptors (Lipinski definition) is 11. The summed E-state index contributed by atoms with van der Waals surface area (Å²) >= 11 is 0. The summed E-state index contributed by atoms with van der Waals surface area (Å²) in [5.41, 5.74) is -0.579. The van der Waals surface area contributed by atoms with Gasteiger partial charge in [0.15, 0.2) is 5.60 Å². The first-order chi connectivity index (χ1) is 29.5. The first-order valence-corrected chi connectivity index (χ1v) is 22.6. The summed E-state index contributed by atoms with van der Waals surface area (Å²) in [7, 11) is 4.17. The third kappa shape index (κ3) is 11.2. The summed E-state index contributed by atoms with van der Waals surface area (Å²) in [6.07, 6.45) is -2.38. The molecule has 0 saturated carbocycles. The largest absolute Gasteiger partial charge is 0.471 e. The summed E-state index contributed by atoms with van der Waals surface area (Å²) in [6.45, 7) is 18.0. The molecule has 3 aliphatic heterocycles. The quantitative estimate of drug-likeness (QED) is 0.171. The number of amides is 2. The number of esters is 1. The molecule has 4 heterocycles. The molecule has 0 spiro atoms. The fraction of sp³-hybridized carbons (Fsp3) is 0.739. The number of alkyl halides is 3. The number of aliphatic hydroxyl groups is 1. The van der Waals surface area contributed by atoms with Gasteiger partial charge in [0.25, 0.3) is 0 Å². The van der Waals surface area contributed by atoms with Gasteiger partial charge in [-0.1, -0.05) is 58.9 Å². The number of Topliss-reactive ketones (excluding diaryl/α,β-unsaturated/α-hetero) is 1. The van der Waals surface area contributed by atoms with E-state index in [9.17, 15) is 37.5 Å². The van der Waals surface area contributed by atoms with Crippen LogP contribution in [0.3, 0.4) is 0 Å². The number of anilines is 1. The number of fused-ring (bicyclic) bond motifs is 1. The lowest BCUT2D eigenvalue weighted by Crippen LogP contribution is -2.58. The first-order valence-electron chi connectivity index (χ1n) is 22.6. The summed E-state index contributed by atoms with van der Waals surface area (Å²) in [5.74, 6) is -5.15. The molecular formula is C46H69F3N6O8. The second-order valence-electron chi connectivity index (χ2n) is 19.1. The number of hydrogen-bond donors (Lipinski definition) is 2. The van der Waals surface area contributed by atoms with E-state index >= 15 is 0 Å². The minimum absolute atomic E-state index is 0.00455. The maximum absolute atomic E-state index is 14.7. The lowest BCUT2D eigenvalue weighted by atomic mass is 9.66. The summed E-state index contributed by atoms with van der Waals surface area (Å²) in [4.78, 5) is 57.9. The zero-order valence-electron chi connectivity index (χ0n) is 38.7. The van der Waals surface area contributed by atoms with Gasteiger partial charge < -0.3 is 34.4 Å². The van der Waals surface area contributed by atoms with E-state index in [1.807, 2.05) is 33.0 Å². The molecule has 14 atom stereocenters. The minimum Gasteiger partial charge on any atom is -0.458 e. The number of aryl methyl sites for hydroxylation is 1. The van der Waals surface area contributed by atoms with E-state index in [0.29, 0.717) is 49.5 Å². The molecule has 17 heteroatoms. The molecule has 63 heavy (non-hydrogen) atoms. The van der Waals surface area contributed by atoms with Gasteiger partial charge in [-0.05, 0) is 109 Å². The van der Waals surface area contributed by atoms with E-state index in [4.69, 9.17) is 14.2 Å². The molecule has 0 bridgehead atoms. The standard InChI is InChI=1S/C46H69F3N6O8/c1-12-37-45(9)41(55(44(60)63-45)19-14-13-18-54-24-35(51-52-54)32-16-15-17-33(22-32)50-43(59)46(47,48)49)30(7)39(56)26(3)20-25(2)38(29(6)40(57)31(8)42(58)62-37)28(5)36-23-34(53(10)11)21-27(4)61-36/h15-17,22,24-31,34,36-38,40-41,57H,12-14,18-21,23H2,1-11H3,(H,50,59). The normalized spacial score (nSPS) is 34.2. The van der Waals surface area contributed by atoms with Crippen molar-refractivity contribution >= 4 is 29.4 Å². The third-order valence-corrected chi connectivity index (χ3v) is 14.2. The molecule has 14 unspecified atom stereocenters. The van der Waals surface area contributed by atoms with Crippen molar-refractivity contribution in [1.29, 1.82) is 0 Å². The van der Waals surface area contributed by atoms with E-state index in [-0.39, 0.29) is 53.9 Å². The Morgan fingerprint density at radius 2 is 1.71 bits per heavy atom. The van der Waals surface area contributed by atoms with Crippen molar-refractivity contribution < 1.29 is 51.7 Å². The molecule has 3 fully saturated rings. The number of halogens is 3. The molecular weight excluding hydrogens is 822 g/mol. The fourth-order valence-corrected chi connectivity index (χ4v) is 10.8. The zero-order valence-corrected chi connectivity index (χ0v) is 38.7. The maximum Gasteiger partial charge on any atom is 0.471 e. The number of nitrogens with zero attached hydrogens (tertiary/aromatic N) is 5. The molecule has 2 aromatic rings. The number of aliphatic hydroxyl groups excluding tert-OH is 1. The van der Waals surface area contributed by atoms with E-state index < -0.39 is 65.8 Å². The number of ether oxygens (including phenoxy) is 3. The second-order valence-corrected chi connectivity index (χ2v) is 19.1. The van der Waals surface area contributed by atoms with E-state index in [1.54, 1.807) is 35.7 Å². The smallest absolute Gasteiger partial charge is 0.458 e. The van der Waals surface area contributed by atoms with Gasteiger partial charge in [-0.2, -0.15) is 13.2 Å². The average molecular weight is 891 g/mol. The Hall–Kier alpha value is -4.09. The highest BCUT2D eigenvalue weighted by Gasteiger charge is 2.60.